The fourth-order valence-corrected chi connectivity index (χ4v) is 4.93. The number of nitrogens with zero attached hydrogens (tertiary/aromatic N) is 2. The topological polar surface area (TPSA) is 79.0 Å². The molecule has 2 aromatic carbocycles. The maximum absolute atomic E-state index is 12.8. The summed E-state index contributed by atoms with van der Waals surface area (Å²) in [5.41, 5.74) is 1.69. The number of likely N-dealkylation sites (N-methyl/N-ethyl adjacent to an activating group) is 1. The number of thiocarbonyl (C=S) groups is 1. The van der Waals surface area contributed by atoms with Gasteiger partial charge in [-0.2, -0.15) is 0 Å². The molecule has 0 atom stereocenters. The highest BCUT2D eigenvalue weighted by molar-refractivity contribution is 8.26. The first-order valence-electron chi connectivity index (χ1n) is 11.6. The molecule has 1 fully saturated rings. The average Bonchev–Trinajstić information content (AvgIpc) is 3.14. The van der Waals surface area contributed by atoms with E-state index in [1.54, 1.807) is 36.4 Å². The zero-order valence-electron chi connectivity index (χ0n) is 20.2. The van der Waals surface area contributed by atoms with Crippen LogP contribution in [-0.2, 0) is 14.3 Å². The maximum atomic E-state index is 12.8. The van der Waals surface area contributed by atoms with Gasteiger partial charge in [-0.05, 0) is 55.1 Å². The number of benzene rings is 2. The summed E-state index contributed by atoms with van der Waals surface area (Å²) >= 11 is 12.7. The quantitative estimate of drug-likeness (QED) is 0.240. The number of halogens is 1. The molecule has 1 N–H and O–H groups in total. The van der Waals surface area contributed by atoms with Gasteiger partial charge in [-0.1, -0.05) is 67.6 Å². The summed E-state index contributed by atoms with van der Waals surface area (Å²) in [7, 11) is 0. The Labute approximate surface area is 225 Å². The van der Waals surface area contributed by atoms with Crippen molar-refractivity contribution in [2.24, 2.45) is 0 Å². The number of carbonyl (C=O) groups excluding carboxylic acids is 3. The van der Waals surface area contributed by atoms with E-state index < -0.39 is 5.97 Å². The van der Waals surface area contributed by atoms with Crippen molar-refractivity contribution in [2.75, 3.05) is 38.1 Å². The van der Waals surface area contributed by atoms with Crippen molar-refractivity contribution >= 4 is 69.4 Å². The van der Waals surface area contributed by atoms with E-state index in [4.69, 9.17) is 28.6 Å². The van der Waals surface area contributed by atoms with Crippen molar-refractivity contribution in [3.8, 4) is 0 Å². The first kappa shape index (κ1) is 27.9. The Kier molecular flexibility index (Phi) is 10.5. The summed E-state index contributed by atoms with van der Waals surface area (Å²) in [4.78, 5) is 41.5. The summed E-state index contributed by atoms with van der Waals surface area (Å²) in [6.07, 6.45) is 1.78. The van der Waals surface area contributed by atoms with Crippen LogP contribution in [0.2, 0.25) is 5.02 Å². The van der Waals surface area contributed by atoms with Gasteiger partial charge in [-0.25, -0.2) is 4.79 Å². The minimum Gasteiger partial charge on any atom is -0.461 e. The molecule has 1 aliphatic heterocycles. The van der Waals surface area contributed by atoms with Crippen molar-refractivity contribution in [3.05, 3.63) is 69.6 Å². The van der Waals surface area contributed by atoms with Crippen molar-refractivity contribution in [1.29, 1.82) is 0 Å². The van der Waals surface area contributed by atoms with E-state index in [-0.39, 0.29) is 24.8 Å². The van der Waals surface area contributed by atoms with Gasteiger partial charge >= 0.3 is 5.97 Å². The molecule has 1 saturated heterocycles. The van der Waals surface area contributed by atoms with Gasteiger partial charge in [0.2, 0.25) is 5.91 Å². The predicted octanol–water partition coefficient (Wildman–Crippen LogP) is 5.07. The van der Waals surface area contributed by atoms with Crippen LogP contribution in [0.1, 0.15) is 36.2 Å². The van der Waals surface area contributed by atoms with Gasteiger partial charge in [0.05, 0.1) is 10.5 Å². The number of anilines is 1. The third kappa shape index (κ3) is 7.64. The molecule has 2 aromatic rings. The number of ether oxygens (including phenoxy) is 1. The molecule has 1 aliphatic rings. The molecule has 0 aliphatic carbocycles. The van der Waals surface area contributed by atoms with Gasteiger partial charge < -0.3 is 15.0 Å². The van der Waals surface area contributed by atoms with Crippen LogP contribution < -0.4 is 5.32 Å². The van der Waals surface area contributed by atoms with Crippen LogP contribution in [0.3, 0.4) is 0 Å². The molecule has 0 radical (unpaired) electrons. The van der Waals surface area contributed by atoms with Crippen molar-refractivity contribution < 1.29 is 19.1 Å². The van der Waals surface area contributed by atoms with Gasteiger partial charge in [0.1, 0.15) is 10.9 Å². The average molecular weight is 546 g/mol. The Morgan fingerprint density at radius 3 is 2.50 bits per heavy atom. The first-order valence-corrected chi connectivity index (χ1v) is 13.2. The Bertz CT molecular complexity index is 1150. The molecule has 0 bridgehead atoms. The minimum atomic E-state index is -0.403. The van der Waals surface area contributed by atoms with Gasteiger partial charge in [0, 0.05) is 30.2 Å². The van der Waals surface area contributed by atoms with Crippen LogP contribution in [0.25, 0.3) is 6.08 Å². The van der Waals surface area contributed by atoms with Crippen LogP contribution in [0.5, 0.6) is 0 Å². The van der Waals surface area contributed by atoms with E-state index >= 15 is 0 Å². The fraction of sp³-hybridized carbons (Fsp3) is 0.308. The first-order chi connectivity index (χ1) is 17.3. The lowest BCUT2D eigenvalue weighted by atomic mass is 10.2. The third-order valence-corrected chi connectivity index (χ3v) is 7.29. The van der Waals surface area contributed by atoms with E-state index in [2.05, 4.69) is 24.1 Å². The van der Waals surface area contributed by atoms with Crippen LogP contribution in [0, 0.1) is 0 Å². The molecule has 1 heterocycles. The molecule has 190 valence electrons. The van der Waals surface area contributed by atoms with Gasteiger partial charge in [0.25, 0.3) is 5.91 Å². The number of hydrogen-bond donors (Lipinski definition) is 1. The number of amides is 2. The van der Waals surface area contributed by atoms with Gasteiger partial charge in [-0.15, -0.1) is 0 Å². The molecule has 0 aromatic heterocycles. The summed E-state index contributed by atoms with van der Waals surface area (Å²) in [6.45, 7) is 7.10. The third-order valence-electron chi connectivity index (χ3n) is 5.57. The Morgan fingerprint density at radius 1 is 1.14 bits per heavy atom. The monoisotopic (exact) mass is 545 g/mol. The fourth-order valence-electron chi connectivity index (χ4n) is 3.44. The van der Waals surface area contributed by atoms with Crippen LogP contribution in [0.4, 0.5) is 5.69 Å². The van der Waals surface area contributed by atoms with Gasteiger partial charge in [0.15, 0.2) is 0 Å². The number of nitrogens with one attached hydrogen (secondary N) is 1. The maximum Gasteiger partial charge on any atom is 0.338 e. The van der Waals surface area contributed by atoms with E-state index in [1.165, 1.54) is 16.7 Å². The molecule has 10 heteroatoms. The second kappa shape index (κ2) is 13.5. The molecule has 7 nitrogen and oxygen atoms in total. The summed E-state index contributed by atoms with van der Waals surface area (Å²) in [5.74, 6) is -0.922. The zero-order valence-corrected chi connectivity index (χ0v) is 22.5. The molecule has 3 rings (SSSR count). The molecule has 2 amide bonds. The van der Waals surface area contributed by atoms with Gasteiger partial charge in [-0.3, -0.25) is 14.5 Å². The molecule has 36 heavy (non-hydrogen) atoms. The molecular formula is C26H28ClN3O4S2. The highest BCUT2D eigenvalue weighted by Gasteiger charge is 2.32. The largest absolute Gasteiger partial charge is 0.461 e. The minimum absolute atomic E-state index is 0.0704. The number of esters is 1. The Hall–Kier alpha value is -2.72. The standard InChI is InChI=1S/C26H28ClN3O4S2/c1-3-29(4-2)15-16-34-25(33)18-9-11-20(12-10-18)28-23(31)13-14-30-24(32)22(36-26(30)35)17-19-7-5-6-8-21(19)27/h5-12,17H,3-4,13-16H2,1-2H3,(H,28,31)/b22-17+. The lowest BCUT2D eigenvalue weighted by Crippen LogP contribution is -2.31. The summed E-state index contributed by atoms with van der Waals surface area (Å²) in [6, 6.07) is 13.7. The van der Waals surface area contributed by atoms with Crippen molar-refractivity contribution in [3.63, 3.8) is 0 Å². The molecule has 0 spiro atoms. The highest BCUT2D eigenvalue weighted by atomic mass is 35.5. The highest BCUT2D eigenvalue weighted by Crippen LogP contribution is 2.33. The van der Waals surface area contributed by atoms with E-state index in [0.717, 1.165) is 18.7 Å². The zero-order chi connectivity index (χ0) is 26.1. The SMILES string of the molecule is CCN(CC)CCOC(=O)c1ccc(NC(=O)CCN2C(=O)/C(=C\c3ccccc3Cl)SC2=S)cc1. The predicted molar refractivity (Wildman–Crippen MR) is 149 cm³/mol. The van der Waals surface area contributed by atoms with Crippen LogP contribution in [-0.4, -0.2) is 64.7 Å². The Morgan fingerprint density at radius 2 is 1.83 bits per heavy atom. The second-order valence-electron chi connectivity index (χ2n) is 7.89. The molecular weight excluding hydrogens is 518 g/mol. The lowest BCUT2D eigenvalue weighted by Gasteiger charge is -2.17. The lowest BCUT2D eigenvalue weighted by molar-refractivity contribution is -0.122. The second-order valence-corrected chi connectivity index (χ2v) is 9.98. The molecule has 0 saturated carbocycles. The van der Waals surface area contributed by atoms with Crippen LogP contribution >= 0.6 is 35.6 Å². The molecule has 0 unspecified atom stereocenters. The number of hydrogen-bond acceptors (Lipinski definition) is 7. The van der Waals surface area contributed by atoms with E-state index in [9.17, 15) is 14.4 Å². The van der Waals surface area contributed by atoms with Crippen LogP contribution in [0.15, 0.2) is 53.4 Å². The summed E-state index contributed by atoms with van der Waals surface area (Å²) in [5, 5.41) is 3.32. The number of carbonyl (C=O) groups is 3. The normalized spacial score (nSPS) is 14.6. The Balaban J connectivity index is 1.48. The summed E-state index contributed by atoms with van der Waals surface area (Å²) < 4.78 is 5.72. The van der Waals surface area contributed by atoms with Crippen molar-refractivity contribution in [1.82, 2.24) is 9.80 Å². The number of rotatable bonds is 11. The number of thioether (sulfide) groups is 1. The van der Waals surface area contributed by atoms with E-state index in [0.29, 0.717) is 38.7 Å². The van der Waals surface area contributed by atoms with Crippen molar-refractivity contribution in [2.45, 2.75) is 20.3 Å². The van der Waals surface area contributed by atoms with E-state index in [1.807, 2.05) is 18.2 Å². The smallest absolute Gasteiger partial charge is 0.338 e.